The summed E-state index contributed by atoms with van der Waals surface area (Å²) in [6.45, 7) is 1.10. The maximum atomic E-state index is 13.1. The lowest BCUT2D eigenvalue weighted by atomic mass is 9.95. The van der Waals surface area contributed by atoms with Crippen LogP contribution < -0.4 is 9.47 Å². The molecule has 3 aliphatic heterocycles. The van der Waals surface area contributed by atoms with Gasteiger partial charge in [-0.25, -0.2) is 0 Å². The van der Waals surface area contributed by atoms with Crippen LogP contribution in [0.3, 0.4) is 0 Å². The van der Waals surface area contributed by atoms with Crippen LogP contribution in [-0.2, 0) is 0 Å². The van der Waals surface area contributed by atoms with Crippen LogP contribution in [0, 0.1) is 0 Å². The van der Waals surface area contributed by atoms with Gasteiger partial charge >= 0.3 is 6.29 Å². The van der Waals surface area contributed by atoms with Gasteiger partial charge in [-0.3, -0.25) is 4.90 Å². The lowest BCUT2D eigenvalue weighted by Gasteiger charge is -2.33. The van der Waals surface area contributed by atoms with E-state index in [-0.39, 0.29) is 29.7 Å². The van der Waals surface area contributed by atoms with Crippen LogP contribution in [0.4, 0.5) is 8.78 Å². The van der Waals surface area contributed by atoms with E-state index in [9.17, 15) is 13.9 Å². The summed E-state index contributed by atoms with van der Waals surface area (Å²) in [5.41, 5.74) is 0.831. The van der Waals surface area contributed by atoms with Crippen molar-refractivity contribution in [1.82, 2.24) is 4.90 Å². The Kier molecular flexibility index (Phi) is 2.72. The van der Waals surface area contributed by atoms with Crippen molar-refractivity contribution in [3.63, 3.8) is 0 Å². The monoisotopic (exact) mass is 297 g/mol. The van der Waals surface area contributed by atoms with Crippen molar-refractivity contribution in [1.29, 1.82) is 0 Å². The molecular formula is C15H17F2NO3. The van der Waals surface area contributed by atoms with E-state index in [1.54, 1.807) is 12.1 Å². The van der Waals surface area contributed by atoms with E-state index in [4.69, 9.17) is 0 Å². The number of hydrogen-bond donors (Lipinski definition) is 1. The molecular weight excluding hydrogens is 280 g/mol. The van der Waals surface area contributed by atoms with E-state index in [0.717, 1.165) is 37.8 Å². The zero-order valence-electron chi connectivity index (χ0n) is 11.5. The van der Waals surface area contributed by atoms with Crippen LogP contribution in [0.15, 0.2) is 18.2 Å². The number of nitrogens with zero attached hydrogens (tertiary/aromatic N) is 1. The van der Waals surface area contributed by atoms with Gasteiger partial charge in [0.2, 0.25) is 0 Å². The van der Waals surface area contributed by atoms with Crippen molar-refractivity contribution in [2.24, 2.45) is 0 Å². The fourth-order valence-electron chi connectivity index (χ4n) is 4.04. The Balaban J connectivity index is 1.64. The van der Waals surface area contributed by atoms with Gasteiger partial charge in [0.25, 0.3) is 0 Å². The molecule has 0 radical (unpaired) electrons. The topological polar surface area (TPSA) is 41.9 Å². The number of hydrogen-bond acceptors (Lipinski definition) is 4. The van der Waals surface area contributed by atoms with Crippen LogP contribution in [0.25, 0.3) is 0 Å². The highest BCUT2D eigenvalue weighted by atomic mass is 19.3. The largest absolute Gasteiger partial charge is 0.586 e. The van der Waals surface area contributed by atoms with Crippen LogP contribution >= 0.6 is 0 Å². The van der Waals surface area contributed by atoms with Crippen LogP contribution in [0.2, 0.25) is 0 Å². The summed E-state index contributed by atoms with van der Waals surface area (Å²) in [6.07, 6.45) is 0.372. The zero-order chi connectivity index (χ0) is 14.7. The van der Waals surface area contributed by atoms with Gasteiger partial charge in [0.1, 0.15) is 0 Å². The fourth-order valence-corrected chi connectivity index (χ4v) is 4.04. The number of fused-ring (bicyclic) bond motifs is 2. The van der Waals surface area contributed by atoms with Crippen molar-refractivity contribution in [3.05, 3.63) is 23.8 Å². The van der Waals surface area contributed by atoms with Gasteiger partial charge in [0, 0.05) is 11.6 Å². The van der Waals surface area contributed by atoms with E-state index < -0.39 is 6.29 Å². The van der Waals surface area contributed by atoms with Crippen molar-refractivity contribution < 1.29 is 23.4 Å². The summed E-state index contributed by atoms with van der Waals surface area (Å²) in [6, 6.07) is 5.16. The quantitative estimate of drug-likeness (QED) is 0.911. The molecule has 0 bridgehead atoms. The third-order valence-corrected chi connectivity index (χ3v) is 5.01. The standard InChI is InChI=1S/C15H17F2NO3/c16-15(17)20-12-3-2-10(8-13(12)21-15)11-4-6-14(9-19)5-1-7-18(11)14/h2-3,8,11,19H,1,4-7,9H2/t11-,14-/m1/s1. The van der Waals surface area contributed by atoms with E-state index in [1.807, 2.05) is 6.07 Å². The predicted octanol–water partition coefficient (Wildman–Crippen LogP) is 2.67. The lowest BCUT2D eigenvalue weighted by Crippen LogP contribution is -2.42. The molecule has 1 N–H and O–H groups in total. The summed E-state index contributed by atoms with van der Waals surface area (Å²) in [7, 11) is 0. The minimum Gasteiger partial charge on any atom is -0.395 e. The summed E-state index contributed by atoms with van der Waals surface area (Å²) in [5.74, 6) is 0.176. The molecule has 0 amide bonds. The van der Waals surface area contributed by atoms with Gasteiger partial charge in [-0.05, 0) is 49.9 Å². The smallest absolute Gasteiger partial charge is 0.395 e. The minimum atomic E-state index is -3.57. The summed E-state index contributed by atoms with van der Waals surface area (Å²) in [5, 5.41) is 9.73. The SMILES string of the molecule is OC[C@]12CCCN1[C@@H](c1ccc3c(c1)OC(F)(F)O3)CC2. The molecule has 6 heteroatoms. The Morgan fingerprint density at radius 2 is 2.05 bits per heavy atom. The molecule has 0 unspecified atom stereocenters. The molecule has 3 aliphatic rings. The van der Waals surface area contributed by atoms with Gasteiger partial charge in [-0.1, -0.05) is 6.07 Å². The highest BCUT2D eigenvalue weighted by molar-refractivity contribution is 5.46. The number of alkyl halides is 2. The fraction of sp³-hybridized carbons (Fsp3) is 0.600. The Hall–Kier alpha value is -1.40. The number of ether oxygens (including phenoxy) is 2. The highest BCUT2D eigenvalue weighted by Crippen LogP contribution is 2.50. The maximum absolute atomic E-state index is 13.1. The van der Waals surface area contributed by atoms with Crippen molar-refractivity contribution in [2.45, 2.75) is 43.6 Å². The second kappa shape index (κ2) is 4.30. The van der Waals surface area contributed by atoms with Crippen LogP contribution in [0.1, 0.15) is 37.3 Å². The van der Waals surface area contributed by atoms with E-state index in [2.05, 4.69) is 14.4 Å². The first-order valence-corrected chi connectivity index (χ1v) is 7.30. The third kappa shape index (κ3) is 1.92. The number of rotatable bonds is 2. The van der Waals surface area contributed by atoms with Crippen LogP contribution in [0.5, 0.6) is 11.5 Å². The molecule has 2 saturated heterocycles. The predicted molar refractivity (Wildman–Crippen MR) is 70.4 cm³/mol. The average Bonchev–Trinajstić information content (AvgIpc) is 3.06. The van der Waals surface area contributed by atoms with E-state index >= 15 is 0 Å². The Morgan fingerprint density at radius 1 is 1.24 bits per heavy atom. The Bertz CT molecular complexity index is 580. The molecule has 3 heterocycles. The molecule has 1 aromatic carbocycles. The third-order valence-electron chi connectivity index (χ3n) is 5.01. The van der Waals surface area contributed by atoms with Gasteiger partial charge in [-0.2, -0.15) is 0 Å². The molecule has 1 aromatic rings. The summed E-state index contributed by atoms with van der Waals surface area (Å²) >= 11 is 0. The first-order valence-electron chi connectivity index (χ1n) is 7.30. The lowest BCUT2D eigenvalue weighted by molar-refractivity contribution is -0.286. The van der Waals surface area contributed by atoms with Gasteiger partial charge in [0.15, 0.2) is 11.5 Å². The molecule has 0 aromatic heterocycles. The maximum Gasteiger partial charge on any atom is 0.586 e. The number of aliphatic hydroxyl groups is 1. The number of halogens is 2. The van der Waals surface area contributed by atoms with Gasteiger partial charge < -0.3 is 14.6 Å². The van der Waals surface area contributed by atoms with Crippen molar-refractivity contribution in [3.8, 4) is 11.5 Å². The second-order valence-corrected chi connectivity index (χ2v) is 6.11. The summed E-state index contributed by atoms with van der Waals surface area (Å²) < 4.78 is 35.1. The molecule has 21 heavy (non-hydrogen) atoms. The Morgan fingerprint density at radius 3 is 2.86 bits per heavy atom. The van der Waals surface area contributed by atoms with Crippen molar-refractivity contribution in [2.75, 3.05) is 13.2 Å². The van der Waals surface area contributed by atoms with E-state index in [1.165, 1.54) is 0 Å². The molecule has 2 atom stereocenters. The van der Waals surface area contributed by atoms with Gasteiger partial charge in [-0.15, -0.1) is 8.78 Å². The summed E-state index contributed by atoms with van der Waals surface area (Å²) in [4.78, 5) is 2.32. The van der Waals surface area contributed by atoms with Crippen LogP contribution in [-0.4, -0.2) is 35.0 Å². The second-order valence-electron chi connectivity index (χ2n) is 6.11. The molecule has 0 spiro atoms. The molecule has 114 valence electrons. The first kappa shape index (κ1) is 13.3. The van der Waals surface area contributed by atoms with Crippen molar-refractivity contribution >= 4 is 0 Å². The number of aliphatic hydroxyl groups excluding tert-OH is 1. The van der Waals surface area contributed by atoms with Gasteiger partial charge in [0.05, 0.1) is 6.61 Å². The molecule has 4 nitrogen and oxygen atoms in total. The normalized spacial score (nSPS) is 33.4. The zero-order valence-corrected chi connectivity index (χ0v) is 11.5. The molecule has 0 saturated carbocycles. The number of benzene rings is 1. The average molecular weight is 297 g/mol. The Labute approximate surface area is 121 Å². The molecule has 0 aliphatic carbocycles. The first-order chi connectivity index (χ1) is 10.0. The molecule has 2 fully saturated rings. The van der Waals surface area contributed by atoms with E-state index in [0.29, 0.717) is 0 Å². The molecule has 4 rings (SSSR count). The minimum absolute atomic E-state index is 0.0802. The highest BCUT2D eigenvalue weighted by Gasteiger charge is 2.50.